The van der Waals surface area contributed by atoms with Gasteiger partial charge in [-0.05, 0) is 63.1 Å². The fourth-order valence-electron chi connectivity index (χ4n) is 3.19. The molecule has 0 saturated heterocycles. The molecule has 0 spiro atoms. The Morgan fingerprint density at radius 1 is 1.12 bits per heavy atom. The predicted octanol–water partition coefficient (Wildman–Crippen LogP) is 3.12. The van der Waals surface area contributed by atoms with Gasteiger partial charge in [0.1, 0.15) is 17.9 Å². The molecule has 0 fully saturated rings. The molecule has 33 heavy (non-hydrogen) atoms. The maximum atomic E-state index is 13.2. The van der Waals surface area contributed by atoms with Crippen molar-refractivity contribution in [3.63, 3.8) is 0 Å². The normalized spacial score (nSPS) is 15.2. The monoisotopic (exact) mass is 476 g/mol. The molecule has 2 aromatic rings. The van der Waals surface area contributed by atoms with E-state index in [2.05, 4.69) is 5.90 Å². The van der Waals surface area contributed by atoms with Crippen molar-refractivity contribution in [1.29, 1.82) is 0 Å². The van der Waals surface area contributed by atoms with Gasteiger partial charge in [0, 0.05) is 4.90 Å². The third-order valence-corrected chi connectivity index (χ3v) is 5.82. The number of carbonyl (C=O) groups is 3. The number of hydrogen-bond acceptors (Lipinski definition) is 8. The SMILES string of the molecule is COc1ccc(CC2Sc3ccc(C(=O)OC(C)(C)C)cc3N(CC(=O)O)C2=O)cc1.NO. The number of hydrogen-bond donors (Lipinski definition) is 3. The molecule has 2 aromatic carbocycles. The van der Waals surface area contributed by atoms with E-state index < -0.39 is 29.3 Å². The average Bonchev–Trinajstić information content (AvgIpc) is 2.77. The number of ether oxygens (including phenoxy) is 2. The van der Waals surface area contributed by atoms with Crippen molar-refractivity contribution in [3.8, 4) is 5.75 Å². The Bertz CT molecular complexity index is 1000. The molecule has 1 aliphatic rings. The third-order valence-electron chi connectivity index (χ3n) is 4.57. The lowest BCUT2D eigenvalue weighted by molar-refractivity contribution is -0.136. The summed E-state index contributed by atoms with van der Waals surface area (Å²) >= 11 is 1.37. The van der Waals surface area contributed by atoms with Gasteiger partial charge in [-0.1, -0.05) is 12.1 Å². The van der Waals surface area contributed by atoms with Gasteiger partial charge in [0.05, 0.1) is 23.6 Å². The Kier molecular flexibility index (Phi) is 8.86. The van der Waals surface area contributed by atoms with Gasteiger partial charge in [0.15, 0.2) is 0 Å². The number of thioether (sulfide) groups is 1. The highest BCUT2D eigenvalue weighted by atomic mass is 32.2. The Morgan fingerprint density at radius 2 is 1.76 bits per heavy atom. The zero-order valence-corrected chi connectivity index (χ0v) is 19.7. The number of nitrogens with zero attached hydrogens (tertiary/aromatic N) is 1. The first-order chi connectivity index (χ1) is 15.6. The van der Waals surface area contributed by atoms with Gasteiger partial charge in [0.25, 0.3) is 0 Å². The van der Waals surface area contributed by atoms with Crippen molar-refractivity contribution in [2.45, 2.75) is 42.9 Å². The molecule has 0 saturated carbocycles. The standard InChI is InChI=1S/C23H25NO6S.H3NO/c1-23(2,3)30-22(28)15-7-10-18-17(12-15)24(13-20(25)26)21(27)19(31-18)11-14-5-8-16(29-4)9-6-14;1-2/h5-10,12,19H,11,13H2,1-4H3,(H,25,26);2H,1H2. The molecule has 1 aliphatic heterocycles. The topological polar surface area (TPSA) is 139 Å². The highest BCUT2D eigenvalue weighted by Gasteiger charge is 2.35. The van der Waals surface area contributed by atoms with Gasteiger partial charge in [-0.25, -0.2) is 10.7 Å². The van der Waals surface area contributed by atoms with Crippen molar-refractivity contribution in [2.24, 2.45) is 5.90 Å². The smallest absolute Gasteiger partial charge is 0.338 e. The number of esters is 1. The van der Waals surface area contributed by atoms with Crippen molar-refractivity contribution in [1.82, 2.24) is 0 Å². The fourth-order valence-corrected chi connectivity index (χ4v) is 4.44. The second-order valence-corrected chi connectivity index (χ2v) is 9.41. The van der Waals surface area contributed by atoms with Crippen molar-refractivity contribution >= 4 is 35.3 Å². The molecule has 178 valence electrons. The minimum atomic E-state index is -1.13. The second-order valence-electron chi connectivity index (χ2n) is 8.16. The van der Waals surface area contributed by atoms with Crippen LogP contribution >= 0.6 is 11.8 Å². The molecule has 10 heteroatoms. The zero-order chi connectivity index (χ0) is 24.8. The van der Waals surface area contributed by atoms with E-state index >= 15 is 0 Å². The summed E-state index contributed by atoms with van der Waals surface area (Å²) in [4.78, 5) is 39.1. The Balaban J connectivity index is 0.00000187. The maximum Gasteiger partial charge on any atom is 0.338 e. The predicted molar refractivity (Wildman–Crippen MR) is 124 cm³/mol. The molecule has 1 amide bonds. The van der Waals surface area contributed by atoms with Crippen LogP contribution in [0, 0.1) is 0 Å². The number of anilines is 1. The number of benzene rings is 2. The fraction of sp³-hybridized carbons (Fsp3) is 0.348. The number of rotatable bonds is 6. The largest absolute Gasteiger partial charge is 0.497 e. The Hall–Kier alpha value is -3.08. The summed E-state index contributed by atoms with van der Waals surface area (Å²) in [5, 5.41) is 15.4. The third kappa shape index (κ3) is 6.95. The lowest BCUT2D eigenvalue weighted by atomic mass is 10.1. The van der Waals surface area contributed by atoms with Gasteiger partial charge < -0.3 is 19.8 Å². The van der Waals surface area contributed by atoms with E-state index in [1.807, 2.05) is 24.3 Å². The quantitative estimate of drug-likeness (QED) is 0.424. The maximum absolute atomic E-state index is 13.2. The Labute approximate surface area is 196 Å². The summed E-state index contributed by atoms with van der Waals surface area (Å²) in [6, 6.07) is 12.3. The number of carbonyl (C=O) groups excluding carboxylic acids is 2. The van der Waals surface area contributed by atoms with Crippen LogP contribution in [-0.4, -0.2) is 52.7 Å². The molecular formula is C23H28N2O7S. The molecule has 0 aromatic heterocycles. The first-order valence-corrected chi connectivity index (χ1v) is 10.9. The minimum absolute atomic E-state index is 0.270. The number of methoxy groups -OCH3 is 1. The van der Waals surface area contributed by atoms with Crippen LogP contribution in [0.1, 0.15) is 36.7 Å². The molecule has 4 N–H and O–H groups in total. The van der Waals surface area contributed by atoms with Crippen molar-refractivity contribution < 1.29 is 34.2 Å². The summed E-state index contributed by atoms with van der Waals surface area (Å²) in [5.41, 5.74) is 0.954. The summed E-state index contributed by atoms with van der Waals surface area (Å²) in [6.07, 6.45) is 0.441. The minimum Gasteiger partial charge on any atom is -0.497 e. The number of amides is 1. The van der Waals surface area contributed by atoms with Crippen LogP contribution in [0.5, 0.6) is 5.75 Å². The molecule has 1 unspecified atom stereocenters. The molecular weight excluding hydrogens is 448 g/mol. The van der Waals surface area contributed by atoms with E-state index in [-0.39, 0.29) is 11.5 Å². The molecule has 0 bridgehead atoms. The number of nitrogens with two attached hydrogens (primary N) is 1. The van der Waals surface area contributed by atoms with Gasteiger partial charge in [-0.15, -0.1) is 11.8 Å². The number of aliphatic carboxylic acids is 1. The molecule has 0 radical (unpaired) electrons. The number of fused-ring (bicyclic) bond motifs is 1. The van der Waals surface area contributed by atoms with E-state index in [0.717, 1.165) is 16.2 Å². The summed E-state index contributed by atoms with van der Waals surface area (Å²) in [5.74, 6) is 2.26. The molecule has 9 nitrogen and oxygen atoms in total. The molecule has 3 rings (SSSR count). The van der Waals surface area contributed by atoms with E-state index in [4.69, 9.17) is 14.7 Å². The van der Waals surface area contributed by atoms with Crippen LogP contribution in [0.25, 0.3) is 0 Å². The van der Waals surface area contributed by atoms with Crippen LogP contribution in [0.3, 0.4) is 0 Å². The van der Waals surface area contributed by atoms with Gasteiger partial charge in [-0.2, -0.15) is 0 Å². The first kappa shape index (κ1) is 26.2. The highest BCUT2D eigenvalue weighted by Crippen LogP contribution is 2.41. The van der Waals surface area contributed by atoms with E-state index in [9.17, 15) is 19.5 Å². The van der Waals surface area contributed by atoms with Crippen molar-refractivity contribution in [2.75, 3.05) is 18.6 Å². The average molecular weight is 477 g/mol. The molecule has 1 heterocycles. The van der Waals surface area contributed by atoms with Crippen LogP contribution in [-0.2, 0) is 20.7 Å². The lowest BCUT2D eigenvalue weighted by Gasteiger charge is -2.33. The van der Waals surface area contributed by atoms with Crippen LogP contribution < -0.4 is 15.5 Å². The summed E-state index contributed by atoms with van der Waals surface area (Å²) in [6.45, 7) is 4.82. The van der Waals surface area contributed by atoms with E-state index in [0.29, 0.717) is 12.1 Å². The van der Waals surface area contributed by atoms with Crippen LogP contribution in [0.15, 0.2) is 47.4 Å². The van der Waals surface area contributed by atoms with Crippen LogP contribution in [0.2, 0.25) is 0 Å². The molecule has 1 atom stereocenters. The van der Waals surface area contributed by atoms with Crippen molar-refractivity contribution in [3.05, 3.63) is 53.6 Å². The Morgan fingerprint density at radius 3 is 2.30 bits per heavy atom. The summed E-state index contributed by atoms with van der Waals surface area (Å²) < 4.78 is 10.6. The van der Waals surface area contributed by atoms with Gasteiger partial charge in [0.2, 0.25) is 5.91 Å². The lowest BCUT2D eigenvalue weighted by Crippen LogP contribution is -2.44. The zero-order valence-electron chi connectivity index (χ0n) is 18.9. The highest BCUT2D eigenvalue weighted by molar-refractivity contribution is 8.01. The number of carboxylic acid groups (broad SMARTS) is 1. The first-order valence-electron chi connectivity index (χ1n) is 10.0. The van der Waals surface area contributed by atoms with Crippen LogP contribution in [0.4, 0.5) is 5.69 Å². The van der Waals surface area contributed by atoms with Gasteiger partial charge >= 0.3 is 11.9 Å². The number of carboxylic acids is 1. The van der Waals surface area contributed by atoms with Gasteiger partial charge in [-0.3, -0.25) is 14.5 Å². The second kappa shape index (κ2) is 11.2. The van der Waals surface area contributed by atoms with E-state index in [1.54, 1.807) is 40.0 Å². The van der Waals surface area contributed by atoms with E-state index in [1.165, 1.54) is 22.7 Å². The molecule has 0 aliphatic carbocycles. The summed E-state index contributed by atoms with van der Waals surface area (Å²) in [7, 11) is 1.59.